The second-order valence-electron chi connectivity index (χ2n) is 6.46. The number of nitrogens with one attached hydrogen (secondary N) is 3. The van der Waals surface area contributed by atoms with Gasteiger partial charge in [-0.15, -0.1) is 0 Å². The number of hydrazine groups is 1. The van der Waals surface area contributed by atoms with Crippen molar-refractivity contribution in [1.29, 1.82) is 0 Å². The van der Waals surface area contributed by atoms with Crippen molar-refractivity contribution in [1.82, 2.24) is 16.3 Å². The molecule has 152 valence electrons. The summed E-state index contributed by atoms with van der Waals surface area (Å²) in [6, 6.07) is 15.1. The number of allylic oxidation sites excluding steroid dienone is 1. The highest BCUT2D eigenvalue weighted by Gasteiger charge is 2.31. The smallest absolute Gasteiger partial charge is 0.258 e. The van der Waals surface area contributed by atoms with E-state index in [1.54, 1.807) is 13.2 Å². The summed E-state index contributed by atoms with van der Waals surface area (Å²) >= 11 is 0. The lowest BCUT2D eigenvalue weighted by atomic mass is 10.0. The number of hydrazone groups is 1. The van der Waals surface area contributed by atoms with Gasteiger partial charge in [-0.2, -0.15) is 5.10 Å². The number of amides is 1. The maximum absolute atomic E-state index is 12.4. The van der Waals surface area contributed by atoms with Crippen molar-refractivity contribution in [2.45, 2.75) is 25.4 Å². The first kappa shape index (κ1) is 20.6. The zero-order chi connectivity index (χ0) is 20.5. The van der Waals surface area contributed by atoms with Gasteiger partial charge in [0, 0.05) is 17.3 Å². The van der Waals surface area contributed by atoms with Crippen LogP contribution in [0, 0.1) is 0 Å². The molecule has 2 aromatic rings. The van der Waals surface area contributed by atoms with Gasteiger partial charge < -0.3 is 9.47 Å². The Morgan fingerprint density at radius 3 is 2.72 bits per heavy atom. The number of nitrogens with zero attached hydrogens (tertiary/aromatic N) is 1. The number of carbonyl (C=O) groups excluding carboxylic acids is 1. The van der Waals surface area contributed by atoms with Crippen molar-refractivity contribution >= 4 is 18.2 Å². The van der Waals surface area contributed by atoms with Crippen LogP contribution in [0.4, 0.5) is 0 Å². The van der Waals surface area contributed by atoms with E-state index in [1.165, 1.54) is 6.21 Å². The number of rotatable bonds is 8. The molecule has 0 radical (unpaired) electrons. The highest BCUT2D eigenvalue weighted by atomic mass is 16.5. The van der Waals surface area contributed by atoms with Crippen LogP contribution in [0.25, 0.3) is 6.08 Å². The van der Waals surface area contributed by atoms with E-state index in [2.05, 4.69) is 21.4 Å². The molecule has 1 fully saturated rings. The minimum Gasteiger partial charge on any atom is -0.496 e. The van der Waals surface area contributed by atoms with Crippen LogP contribution in [0.5, 0.6) is 11.5 Å². The number of methoxy groups -OCH3 is 1. The van der Waals surface area contributed by atoms with Gasteiger partial charge in [-0.3, -0.25) is 4.79 Å². The van der Waals surface area contributed by atoms with Crippen molar-refractivity contribution in [3.8, 4) is 11.5 Å². The van der Waals surface area contributed by atoms with Crippen LogP contribution in [-0.4, -0.2) is 31.9 Å². The van der Waals surface area contributed by atoms with E-state index in [4.69, 9.17) is 9.47 Å². The zero-order valence-corrected chi connectivity index (χ0v) is 16.6. The van der Waals surface area contributed by atoms with Gasteiger partial charge in [0.2, 0.25) is 0 Å². The van der Waals surface area contributed by atoms with Gasteiger partial charge in [0.1, 0.15) is 17.5 Å². The van der Waals surface area contributed by atoms with Crippen LogP contribution in [0.3, 0.4) is 0 Å². The zero-order valence-electron chi connectivity index (χ0n) is 16.6. The number of para-hydroxylation sites is 2. The number of hydrogen-bond donors (Lipinski definition) is 3. The van der Waals surface area contributed by atoms with Crippen LogP contribution < -0.4 is 25.8 Å². The largest absolute Gasteiger partial charge is 0.496 e. The molecule has 1 heterocycles. The maximum atomic E-state index is 12.4. The summed E-state index contributed by atoms with van der Waals surface area (Å²) in [4.78, 5) is 12.4. The normalized spacial score (nSPS) is 19.0. The van der Waals surface area contributed by atoms with Crippen molar-refractivity contribution in [2.75, 3.05) is 13.7 Å². The first-order chi connectivity index (χ1) is 14.2. The summed E-state index contributed by atoms with van der Waals surface area (Å²) in [5.41, 5.74) is 10.7. The van der Waals surface area contributed by atoms with Crippen molar-refractivity contribution in [3.05, 3.63) is 65.7 Å². The summed E-state index contributed by atoms with van der Waals surface area (Å²) in [6.45, 7) is 2.55. The molecule has 7 heteroatoms. The van der Waals surface area contributed by atoms with Crippen LogP contribution >= 0.6 is 0 Å². The predicted molar refractivity (Wildman–Crippen MR) is 114 cm³/mol. The molecule has 0 spiro atoms. The van der Waals surface area contributed by atoms with Gasteiger partial charge in [-0.1, -0.05) is 36.4 Å². The number of ether oxygens (including phenoxy) is 2. The molecule has 1 amide bonds. The summed E-state index contributed by atoms with van der Waals surface area (Å²) in [5, 5.41) is 3.99. The molecule has 0 aromatic heterocycles. The van der Waals surface area contributed by atoms with E-state index < -0.39 is 0 Å². The Hall–Kier alpha value is -3.16. The maximum Gasteiger partial charge on any atom is 0.258 e. The first-order valence-corrected chi connectivity index (χ1v) is 9.58. The molecule has 3 rings (SSSR count). The molecule has 0 aliphatic carbocycles. The average molecular weight is 394 g/mol. The molecule has 29 heavy (non-hydrogen) atoms. The van der Waals surface area contributed by atoms with Crippen molar-refractivity contribution in [2.24, 2.45) is 5.10 Å². The van der Waals surface area contributed by atoms with Gasteiger partial charge in [0.05, 0.1) is 19.8 Å². The Kier molecular flexibility index (Phi) is 7.38. The molecule has 2 unspecified atom stereocenters. The summed E-state index contributed by atoms with van der Waals surface area (Å²) in [7, 11) is 1.63. The van der Waals surface area contributed by atoms with Gasteiger partial charge in [0.25, 0.3) is 5.91 Å². The van der Waals surface area contributed by atoms with Crippen LogP contribution in [0.1, 0.15) is 30.5 Å². The lowest BCUT2D eigenvalue weighted by molar-refractivity contribution is -0.122. The third-order valence-corrected chi connectivity index (χ3v) is 4.56. The lowest BCUT2D eigenvalue weighted by Crippen LogP contribution is -2.41. The van der Waals surface area contributed by atoms with E-state index in [1.807, 2.05) is 61.5 Å². The molecule has 7 nitrogen and oxygen atoms in total. The van der Waals surface area contributed by atoms with Crippen LogP contribution in [0.15, 0.2) is 59.7 Å². The number of benzene rings is 2. The Labute approximate surface area is 170 Å². The first-order valence-electron chi connectivity index (χ1n) is 9.58. The molecular formula is C22H26N4O3. The van der Waals surface area contributed by atoms with Crippen molar-refractivity contribution < 1.29 is 14.3 Å². The fraction of sp³-hybridized carbons (Fsp3) is 0.273. The Morgan fingerprint density at radius 2 is 1.93 bits per heavy atom. The summed E-state index contributed by atoms with van der Waals surface area (Å²) < 4.78 is 11.0. The van der Waals surface area contributed by atoms with Gasteiger partial charge in [0.15, 0.2) is 0 Å². The Morgan fingerprint density at radius 1 is 1.17 bits per heavy atom. The molecule has 3 N–H and O–H groups in total. The molecule has 1 aliphatic heterocycles. The van der Waals surface area contributed by atoms with E-state index in [9.17, 15) is 4.79 Å². The minimum absolute atomic E-state index is 0.0112. The van der Waals surface area contributed by atoms with E-state index in [0.29, 0.717) is 13.0 Å². The summed E-state index contributed by atoms with van der Waals surface area (Å²) in [6.07, 6.45) is 5.75. The molecule has 0 saturated carbocycles. The fourth-order valence-electron chi connectivity index (χ4n) is 3.16. The topological polar surface area (TPSA) is 84.0 Å². The molecular weight excluding hydrogens is 368 g/mol. The molecule has 1 saturated heterocycles. The monoisotopic (exact) mass is 394 g/mol. The van der Waals surface area contributed by atoms with E-state index in [-0.39, 0.29) is 18.0 Å². The van der Waals surface area contributed by atoms with Gasteiger partial charge >= 0.3 is 0 Å². The van der Waals surface area contributed by atoms with Crippen molar-refractivity contribution in [3.63, 3.8) is 0 Å². The highest BCUT2D eigenvalue weighted by Crippen LogP contribution is 2.30. The van der Waals surface area contributed by atoms with Crippen LogP contribution in [-0.2, 0) is 4.79 Å². The molecule has 2 atom stereocenters. The third kappa shape index (κ3) is 5.43. The quantitative estimate of drug-likeness (QED) is 0.474. The predicted octanol–water partition coefficient (Wildman–Crippen LogP) is 2.82. The molecule has 2 aromatic carbocycles. The molecule has 1 aliphatic rings. The van der Waals surface area contributed by atoms with Gasteiger partial charge in [-0.25, -0.2) is 16.3 Å². The lowest BCUT2D eigenvalue weighted by Gasteiger charge is -2.15. The second kappa shape index (κ2) is 10.4. The average Bonchev–Trinajstić information content (AvgIpc) is 3.24. The standard InChI is InChI=1S/C22H26N4O3/c1-3-29-21-13-7-5-11-17(21)18-15-19(25-24-18)22(27)26-23-14-8-10-16-9-4-6-12-20(16)28-2/h4-14,18-19,24-25H,3,15H2,1-2H3,(H,26,27)/b10-8+,23-14+. The molecule has 0 bridgehead atoms. The summed E-state index contributed by atoms with van der Waals surface area (Å²) in [5.74, 6) is 1.41. The highest BCUT2D eigenvalue weighted by molar-refractivity contribution is 5.84. The third-order valence-electron chi connectivity index (χ3n) is 4.56. The van der Waals surface area contributed by atoms with Crippen LogP contribution in [0.2, 0.25) is 0 Å². The number of carbonyl (C=O) groups is 1. The van der Waals surface area contributed by atoms with E-state index >= 15 is 0 Å². The Bertz CT molecular complexity index is 882. The fourth-order valence-corrected chi connectivity index (χ4v) is 3.16. The second-order valence-corrected chi connectivity index (χ2v) is 6.46. The Balaban J connectivity index is 1.52. The van der Waals surface area contributed by atoms with E-state index in [0.717, 1.165) is 22.6 Å². The number of hydrogen-bond acceptors (Lipinski definition) is 6. The SMILES string of the molecule is CCOc1ccccc1C1CC(C(=O)N/N=C/C=C/c2ccccc2OC)NN1. The van der Waals surface area contributed by atoms with Gasteiger partial charge in [-0.05, 0) is 37.6 Å². The minimum atomic E-state index is -0.384.